The quantitative estimate of drug-likeness (QED) is 0.757. The first-order valence-corrected chi connectivity index (χ1v) is 8.80. The third kappa shape index (κ3) is 3.96. The van der Waals surface area contributed by atoms with E-state index < -0.39 is 11.9 Å². The first-order chi connectivity index (χ1) is 12.5. The summed E-state index contributed by atoms with van der Waals surface area (Å²) in [5, 5.41) is 13.7. The van der Waals surface area contributed by atoms with Gasteiger partial charge in [-0.2, -0.15) is 0 Å². The highest BCUT2D eigenvalue weighted by molar-refractivity contribution is 6.30. The molecule has 2 N–H and O–H groups in total. The summed E-state index contributed by atoms with van der Waals surface area (Å²) < 4.78 is 4.77. The molecule has 0 unspecified atom stereocenters. The average Bonchev–Trinajstić information content (AvgIpc) is 3.44. The van der Waals surface area contributed by atoms with Gasteiger partial charge in [0, 0.05) is 22.3 Å². The van der Waals surface area contributed by atoms with Crippen molar-refractivity contribution in [3.05, 3.63) is 46.7 Å². The van der Waals surface area contributed by atoms with Crippen LogP contribution in [0.1, 0.15) is 41.7 Å². The van der Waals surface area contributed by atoms with E-state index in [2.05, 4.69) is 10.3 Å². The van der Waals surface area contributed by atoms with Gasteiger partial charge in [0.05, 0.1) is 6.61 Å². The third-order valence-corrected chi connectivity index (χ3v) is 4.36. The lowest BCUT2D eigenvalue weighted by Crippen LogP contribution is -2.31. The van der Waals surface area contributed by atoms with Crippen molar-refractivity contribution in [2.24, 2.45) is 0 Å². The minimum atomic E-state index is -0.616. The predicted octanol–water partition coefficient (Wildman–Crippen LogP) is 3.28. The molecule has 0 saturated heterocycles. The molecule has 26 heavy (non-hydrogen) atoms. The number of halogens is 1. The number of nitrogens with one attached hydrogen (secondary N) is 1. The van der Waals surface area contributed by atoms with Crippen molar-refractivity contribution in [3.63, 3.8) is 0 Å². The van der Waals surface area contributed by atoms with Crippen molar-refractivity contribution in [2.45, 2.75) is 25.7 Å². The SMILES string of the molecule is CCOC(=O)CNC(=O)c1ncc(-c2cccc(Cl)c2)c(C2CC2)c1O. The number of hydrogen-bond acceptors (Lipinski definition) is 5. The smallest absolute Gasteiger partial charge is 0.325 e. The Balaban J connectivity index is 1.91. The number of nitrogens with zero attached hydrogens (tertiary/aromatic N) is 1. The highest BCUT2D eigenvalue weighted by Crippen LogP contribution is 2.49. The molecule has 1 heterocycles. The first-order valence-electron chi connectivity index (χ1n) is 8.42. The molecule has 6 nitrogen and oxygen atoms in total. The van der Waals surface area contributed by atoms with Gasteiger partial charge in [-0.15, -0.1) is 0 Å². The lowest BCUT2D eigenvalue weighted by atomic mass is 9.96. The number of aromatic nitrogens is 1. The van der Waals surface area contributed by atoms with E-state index in [-0.39, 0.29) is 30.5 Å². The van der Waals surface area contributed by atoms with Crippen LogP contribution < -0.4 is 5.32 Å². The minimum absolute atomic E-state index is 0.0954. The molecule has 1 aromatic heterocycles. The number of benzene rings is 1. The fourth-order valence-electron chi connectivity index (χ4n) is 2.80. The number of hydrogen-bond donors (Lipinski definition) is 2. The summed E-state index contributed by atoms with van der Waals surface area (Å²) in [5.74, 6) is -1.12. The fourth-order valence-corrected chi connectivity index (χ4v) is 2.99. The van der Waals surface area contributed by atoms with Crippen LogP contribution in [-0.2, 0) is 9.53 Å². The average molecular weight is 375 g/mol. The number of pyridine rings is 1. The minimum Gasteiger partial charge on any atom is -0.505 e. The molecule has 0 spiro atoms. The van der Waals surface area contributed by atoms with Crippen LogP contribution in [0.25, 0.3) is 11.1 Å². The Bertz CT molecular complexity index is 849. The monoisotopic (exact) mass is 374 g/mol. The van der Waals surface area contributed by atoms with E-state index >= 15 is 0 Å². The van der Waals surface area contributed by atoms with Crippen molar-refractivity contribution in [1.29, 1.82) is 0 Å². The molecule has 3 rings (SSSR count). The van der Waals surface area contributed by atoms with Crippen LogP contribution >= 0.6 is 11.6 Å². The molecule has 0 bridgehead atoms. The largest absolute Gasteiger partial charge is 0.505 e. The molecule has 1 saturated carbocycles. The molecule has 0 atom stereocenters. The molecule has 1 fully saturated rings. The summed E-state index contributed by atoms with van der Waals surface area (Å²) in [6, 6.07) is 7.27. The van der Waals surface area contributed by atoms with E-state index in [1.54, 1.807) is 25.3 Å². The van der Waals surface area contributed by atoms with Gasteiger partial charge in [0.1, 0.15) is 6.54 Å². The summed E-state index contributed by atoms with van der Waals surface area (Å²) in [6.07, 6.45) is 3.45. The van der Waals surface area contributed by atoms with E-state index in [1.807, 2.05) is 12.1 Å². The number of ether oxygens (including phenoxy) is 1. The van der Waals surface area contributed by atoms with Crippen molar-refractivity contribution < 1.29 is 19.4 Å². The zero-order chi connectivity index (χ0) is 18.7. The number of carbonyl (C=O) groups excluding carboxylic acids is 2. The number of aromatic hydroxyl groups is 1. The Kier molecular flexibility index (Phi) is 5.42. The molecule has 7 heteroatoms. The van der Waals surface area contributed by atoms with Crippen molar-refractivity contribution in [2.75, 3.05) is 13.2 Å². The van der Waals surface area contributed by atoms with Crippen LogP contribution in [-0.4, -0.2) is 35.1 Å². The maximum Gasteiger partial charge on any atom is 0.325 e. The maximum atomic E-state index is 12.3. The predicted molar refractivity (Wildman–Crippen MR) is 97.3 cm³/mol. The Morgan fingerprint density at radius 2 is 2.15 bits per heavy atom. The molecule has 1 aliphatic carbocycles. The maximum absolute atomic E-state index is 12.3. The van der Waals surface area contributed by atoms with Crippen LogP contribution in [0, 0.1) is 0 Å². The summed E-state index contributed by atoms with van der Waals surface area (Å²) in [7, 11) is 0. The number of amides is 1. The molecule has 1 aromatic carbocycles. The third-order valence-electron chi connectivity index (χ3n) is 4.13. The van der Waals surface area contributed by atoms with Crippen LogP contribution in [0.3, 0.4) is 0 Å². The Hall–Kier alpha value is -2.60. The van der Waals surface area contributed by atoms with Crippen molar-refractivity contribution in [1.82, 2.24) is 10.3 Å². The van der Waals surface area contributed by atoms with E-state index in [0.29, 0.717) is 10.6 Å². The first kappa shape index (κ1) is 18.2. The summed E-state index contributed by atoms with van der Waals surface area (Å²) in [6.45, 7) is 1.64. The van der Waals surface area contributed by atoms with Crippen LogP contribution in [0.2, 0.25) is 5.02 Å². The zero-order valence-electron chi connectivity index (χ0n) is 14.3. The zero-order valence-corrected chi connectivity index (χ0v) is 15.0. The van der Waals surface area contributed by atoms with Gasteiger partial charge in [-0.05, 0) is 43.4 Å². The molecular formula is C19H19ClN2O4. The number of esters is 1. The molecule has 0 aliphatic heterocycles. The second kappa shape index (κ2) is 7.74. The normalized spacial score (nSPS) is 13.3. The Morgan fingerprint density at radius 3 is 2.81 bits per heavy atom. The summed E-state index contributed by atoms with van der Waals surface area (Å²) in [5.41, 5.74) is 2.20. The Labute approximate surface area is 156 Å². The second-order valence-corrected chi connectivity index (χ2v) is 6.49. The van der Waals surface area contributed by atoms with E-state index in [1.165, 1.54) is 0 Å². The summed E-state index contributed by atoms with van der Waals surface area (Å²) in [4.78, 5) is 27.8. The molecule has 1 aliphatic rings. The lowest BCUT2D eigenvalue weighted by Gasteiger charge is -2.14. The highest BCUT2D eigenvalue weighted by Gasteiger charge is 2.32. The molecule has 1 amide bonds. The molecular weight excluding hydrogens is 356 g/mol. The van der Waals surface area contributed by atoms with Gasteiger partial charge in [0.2, 0.25) is 0 Å². The fraction of sp³-hybridized carbons (Fsp3) is 0.316. The van der Waals surface area contributed by atoms with Crippen molar-refractivity contribution in [3.8, 4) is 16.9 Å². The molecule has 136 valence electrons. The van der Waals surface area contributed by atoms with Crippen LogP contribution in [0.5, 0.6) is 5.75 Å². The standard InChI is InChI=1S/C19H19ClN2O4/c1-2-26-15(23)10-22-19(25)17-18(24)16(11-6-7-11)14(9-21-17)12-4-3-5-13(20)8-12/h3-5,8-9,11,24H,2,6-7,10H2,1H3,(H,22,25). The molecule has 0 radical (unpaired) electrons. The van der Waals surface area contributed by atoms with Gasteiger partial charge in [-0.3, -0.25) is 9.59 Å². The lowest BCUT2D eigenvalue weighted by molar-refractivity contribution is -0.141. The van der Waals surface area contributed by atoms with Gasteiger partial charge < -0.3 is 15.2 Å². The van der Waals surface area contributed by atoms with E-state index in [4.69, 9.17) is 16.3 Å². The highest BCUT2D eigenvalue weighted by atomic mass is 35.5. The van der Waals surface area contributed by atoms with Crippen LogP contribution in [0.15, 0.2) is 30.5 Å². The number of carbonyl (C=O) groups is 2. The van der Waals surface area contributed by atoms with E-state index in [0.717, 1.165) is 24.0 Å². The van der Waals surface area contributed by atoms with Gasteiger partial charge in [0.25, 0.3) is 5.91 Å². The second-order valence-electron chi connectivity index (χ2n) is 6.06. The van der Waals surface area contributed by atoms with Crippen molar-refractivity contribution >= 4 is 23.5 Å². The van der Waals surface area contributed by atoms with Gasteiger partial charge >= 0.3 is 5.97 Å². The van der Waals surface area contributed by atoms with Gasteiger partial charge in [0.15, 0.2) is 11.4 Å². The van der Waals surface area contributed by atoms with Gasteiger partial charge in [-0.25, -0.2) is 4.98 Å². The van der Waals surface area contributed by atoms with Crippen LogP contribution in [0.4, 0.5) is 0 Å². The van der Waals surface area contributed by atoms with Gasteiger partial charge in [-0.1, -0.05) is 23.7 Å². The Morgan fingerprint density at radius 1 is 1.38 bits per heavy atom. The molecule has 2 aromatic rings. The topological polar surface area (TPSA) is 88.5 Å². The van der Waals surface area contributed by atoms with E-state index in [9.17, 15) is 14.7 Å². The summed E-state index contributed by atoms with van der Waals surface area (Å²) >= 11 is 6.07. The number of rotatable bonds is 6.